The molecule has 0 unspecified atom stereocenters. The smallest absolute Gasteiger partial charge is 0.279 e. The van der Waals surface area contributed by atoms with E-state index in [1.807, 2.05) is 0 Å². The average Bonchev–Trinajstić information content (AvgIpc) is 3.04. The van der Waals surface area contributed by atoms with Gasteiger partial charge >= 0.3 is 0 Å². The molecule has 0 aliphatic carbocycles. The van der Waals surface area contributed by atoms with Gasteiger partial charge < -0.3 is 10.3 Å². The van der Waals surface area contributed by atoms with E-state index < -0.39 is 10.8 Å². The molecule has 2 N–H and O–H groups in total. The highest BCUT2D eigenvalue weighted by molar-refractivity contribution is 6.36. The highest BCUT2D eigenvalue weighted by atomic mass is 16.6. The predicted octanol–water partition coefficient (Wildman–Crippen LogP) is 3.06. The number of hydrogen-bond donors (Lipinski definition) is 2. The first kappa shape index (κ1) is 14.3. The zero-order valence-corrected chi connectivity index (χ0v) is 11.8. The van der Waals surface area contributed by atoms with Crippen LogP contribution in [-0.2, 0) is 4.79 Å². The molecule has 3 rings (SSSR count). The number of fused-ring (bicyclic) bond motifs is 1. The van der Waals surface area contributed by atoms with Gasteiger partial charge in [-0.05, 0) is 24.6 Å². The first-order valence-corrected chi connectivity index (χ1v) is 6.43. The summed E-state index contributed by atoms with van der Waals surface area (Å²) in [6.45, 7) is 1.77. The number of nitrogens with one attached hydrogen (secondary N) is 2. The largest absolute Gasteiger partial charge is 0.348 e. The minimum absolute atomic E-state index is 0.154. The second kappa shape index (κ2) is 5.28. The molecule has 0 radical (unpaired) electrons. The summed E-state index contributed by atoms with van der Waals surface area (Å²) in [5, 5.41) is 17.1. The highest BCUT2D eigenvalue weighted by Crippen LogP contribution is 2.44. The molecule has 0 saturated carbocycles. The molecule has 0 saturated heterocycles. The zero-order valence-electron chi connectivity index (χ0n) is 11.8. The van der Waals surface area contributed by atoms with Crippen LogP contribution >= 0.6 is 0 Å². The van der Waals surface area contributed by atoms with Gasteiger partial charge in [-0.15, -0.1) is 0 Å². The maximum atomic E-state index is 12.2. The molecule has 1 amide bonds. The van der Waals surface area contributed by atoms with E-state index in [-0.39, 0.29) is 22.5 Å². The molecule has 0 atom stereocenters. The number of carbonyl (C=O) groups is 1. The fourth-order valence-corrected chi connectivity index (χ4v) is 2.34. The SMILES string of the molecule is Cc1[nH]cnc1/C=C1\C(=O)Nc2ccc([N+](=O)[O-])c(N=[N+]=[N-])c21. The van der Waals surface area contributed by atoms with Crippen LogP contribution in [0.4, 0.5) is 17.1 Å². The standard InChI is InChI=1S/C13H9N7O3/c1-6-9(16-5-15-6)4-7-11-8(17-13(7)21)2-3-10(20(22)23)12(11)18-19-14/h2-5H,1H3,(H,15,16)(H,17,21)/b7-4-. The number of nitro benzene ring substituents is 1. The zero-order chi connectivity index (χ0) is 16.6. The Balaban J connectivity index is 2.30. The van der Waals surface area contributed by atoms with Crippen molar-refractivity contribution in [2.45, 2.75) is 6.92 Å². The van der Waals surface area contributed by atoms with Gasteiger partial charge in [-0.1, -0.05) is 5.11 Å². The predicted molar refractivity (Wildman–Crippen MR) is 81.7 cm³/mol. The number of azide groups is 1. The van der Waals surface area contributed by atoms with Crippen molar-refractivity contribution in [3.05, 3.63) is 56.0 Å². The van der Waals surface area contributed by atoms with Crippen molar-refractivity contribution in [3.8, 4) is 0 Å². The molecule has 1 aromatic heterocycles. The topological polar surface area (TPSA) is 150 Å². The summed E-state index contributed by atoms with van der Waals surface area (Å²) in [6.07, 6.45) is 2.96. The number of imidazole rings is 1. The van der Waals surface area contributed by atoms with Crippen LogP contribution in [0.15, 0.2) is 23.6 Å². The first-order valence-electron chi connectivity index (χ1n) is 6.43. The van der Waals surface area contributed by atoms with E-state index in [1.165, 1.54) is 24.5 Å². The Morgan fingerprint density at radius 1 is 1.48 bits per heavy atom. The lowest BCUT2D eigenvalue weighted by Gasteiger charge is -2.04. The van der Waals surface area contributed by atoms with Crippen LogP contribution in [0.2, 0.25) is 0 Å². The molecule has 23 heavy (non-hydrogen) atoms. The van der Waals surface area contributed by atoms with Crippen LogP contribution in [0.1, 0.15) is 17.0 Å². The van der Waals surface area contributed by atoms with Gasteiger partial charge in [0.15, 0.2) is 0 Å². The van der Waals surface area contributed by atoms with Crippen molar-refractivity contribution >= 4 is 34.6 Å². The minimum atomic E-state index is -0.662. The molecule has 0 fully saturated rings. The third-order valence-corrected chi connectivity index (χ3v) is 3.41. The molecule has 114 valence electrons. The van der Waals surface area contributed by atoms with Gasteiger partial charge in [-0.25, -0.2) is 4.98 Å². The van der Waals surface area contributed by atoms with Crippen LogP contribution in [0.5, 0.6) is 0 Å². The van der Waals surface area contributed by atoms with Crippen molar-refractivity contribution in [1.29, 1.82) is 0 Å². The maximum Gasteiger partial charge on any atom is 0.279 e. The lowest BCUT2D eigenvalue weighted by molar-refractivity contribution is -0.384. The number of rotatable bonds is 3. The molecule has 0 bridgehead atoms. The van der Waals surface area contributed by atoms with Gasteiger partial charge in [-0.2, -0.15) is 0 Å². The van der Waals surface area contributed by atoms with Crippen molar-refractivity contribution in [3.63, 3.8) is 0 Å². The fourth-order valence-electron chi connectivity index (χ4n) is 2.34. The Bertz CT molecular complexity index is 922. The van der Waals surface area contributed by atoms with Gasteiger partial charge in [0.25, 0.3) is 11.6 Å². The Labute approximate surface area is 128 Å². The van der Waals surface area contributed by atoms with E-state index >= 15 is 0 Å². The van der Waals surface area contributed by atoms with E-state index in [4.69, 9.17) is 5.53 Å². The quantitative estimate of drug-likeness (QED) is 0.223. The summed E-state index contributed by atoms with van der Waals surface area (Å²) in [7, 11) is 0. The van der Waals surface area contributed by atoms with Crippen molar-refractivity contribution in [1.82, 2.24) is 9.97 Å². The Morgan fingerprint density at radius 2 is 2.26 bits per heavy atom. The molecule has 1 aliphatic rings. The molecule has 1 aromatic carbocycles. The monoisotopic (exact) mass is 311 g/mol. The molecule has 10 nitrogen and oxygen atoms in total. The van der Waals surface area contributed by atoms with E-state index in [0.717, 1.165) is 5.69 Å². The number of amides is 1. The summed E-state index contributed by atoms with van der Waals surface area (Å²) in [5.41, 5.74) is 10.1. The number of H-pyrrole nitrogens is 1. The van der Waals surface area contributed by atoms with Crippen LogP contribution in [-0.4, -0.2) is 20.8 Å². The Morgan fingerprint density at radius 3 is 2.87 bits per heavy atom. The number of nitro groups is 1. The second-order valence-electron chi connectivity index (χ2n) is 4.73. The molecular weight excluding hydrogens is 302 g/mol. The van der Waals surface area contributed by atoms with E-state index in [2.05, 4.69) is 25.3 Å². The number of nitrogens with zero attached hydrogens (tertiary/aromatic N) is 5. The number of hydrogen-bond acceptors (Lipinski definition) is 5. The third kappa shape index (κ3) is 2.28. The minimum Gasteiger partial charge on any atom is -0.348 e. The molecule has 0 spiro atoms. The van der Waals surface area contributed by atoms with Crippen LogP contribution < -0.4 is 5.32 Å². The van der Waals surface area contributed by atoms with Crippen molar-refractivity contribution in [2.24, 2.45) is 5.11 Å². The summed E-state index contributed by atoms with van der Waals surface area (Å²) in [4.78, 5) is 32.2. The number of aromatic nitrogens is 2. The summed E-state index contributed by atoms with van der Waals surface area (Å²) in [6, 6.07) is 2.59. The lowest BCUT2D eigenvalue weighted by Crippen LogP contribution is -2.03. The van der Waals surface area contributed by atoms with Crippen LogP contribution in [0.3, 0.4) is 0 Å². The number of anilines is 1. The molecular formula is C13H9N7O3. The van der Waals surface area contributed by atoms with Crippen LogP contribution in [0, 0.1) is 17.0 Å². The molecule has 2 heterocycles. The average molecular weight is 311 g/mol. The van der Waals surface area contributed by atoms with Gasteiger partial charge in [-0.3, -0.25) is 14.9 Å². The maximum absolute atomic E-state index is 12.2. The van der Waals surface area contributed by atoms with Gasteiger partial charge in [0, 0.05) is 22.2 Å². The number of carbonyl (C=O) groups excluding carboxylic acids is 1. The number of benzene rings is 1. The lowest BCUT2D eigenvalue weighted by atomic mass is 10.0. The van der Waals surface area contributed by atoms with Gasteiger partial charge in [0.05, 0.1) is 28.2 Å². The molecule has 2 aromatic rings. The number of aryl methyl sites for hydroxylation is 1. The van der Waals surface area contributed by atoms with E-state index in [1.54, 1.807) is 6.92 Å². The third-order valence-electron chi connectivity index (χ3n) is 3.41. The van der Waals surface area contributed by atoms with Gasteiger partial charge in [0.2, 0.25) is 0 Å². The second-order valence-corrected chi connectivity index (χ2v) is 4.73. The summed E-state index contributed by atoms with van der Waals surface area (Å²) in [5.74, 6) is -0.447. The molecule has 1 aliphatic heterocycles. The Kier molecular flexibility index (Phi) is 3.28. The van der Waals surface area contributed by atoms with Gasteiger partial charge in [0.1, 0.15) is 5.69 Å². The molecule has 10 heteroatoms. The number of aromatic amines is 1. The van der Waals surface area contributed by atoms with E-state index in [9.17, 15) is 14.9 Å². The summed E-state index contributed by atoms with van der Waals surface area (Å²) < 4.78 is 0. The summed E-state index contributed by atoms with van der Waals surface area (Å²) >= 11 is 0. The first-order chi connectivity index (χ1) is 11.0. The normalized spacial score (nSPS) is 14.3. The van der Waals surface area contributed by atoms with Crippen molar-refractivity contribution < 1.29 is 9.72 Å². The highest BCUT2D eigenvalue weighted by Gasteiger charge is 2.31. The van der Waals surface area contributed by atoms with Crippen LogP contribution in [0.25, 0.3) is 22.1 Å². The van der Waals surface area contributed by atoms with Crippen molar-refractivity contribution in [2.75, 3.05) is 5.32 Å². The Hall–Kier alpha value is -3.65. The fraction of sp³-hybridized carbons (Fsp3) is 0.0769. The van der Waals surface area contributed by atoms with E-state index in [0.29, 0.717) is 11.4 Å².